The van der Waals surface area contributed by atoms with E-state index < -0.39 is 5.41 Å². The van der Waals surface area contributed by atoms with Crippen molar-refractivity contribution >= 4 is 21.8 Å². The zero-order valence-corrected chi connectivity index (χ0v) is 24.8. The van der Waals surface area contributed by atoms with Gasteiger partial charge in [0.1, 0.15) is 0 Å². The molecule has 2 aromatic carbocycles. The van der Waals surface area contributed by atoms with E-state index in [9.17, 15) is 0 Å². The molecule has 0 bridgehead atoms. The third-order valence-corrected chi connectivity index (χ3v) is 8.64. The van der Waals surface area contributed by atoms with Gasteiger partial charge in [-0.1, -0.05) is 76.2 Å². The van der Waals surface area contributed by atoms with Crippen molar-refractivity contribution in [1.29, 1.82) is 0 Å². The minimum absolute atomic E-state index is 0.436. The van der Waals surface area contributed by atoms with Crippen LogP contribution in [0, 0.1) is 0 Å². The van der Waals surface area contributed by atoms with Crippen molar-refractivity contribution in [3.63, 3.8) is 0 Å². The van der Waals surface area contributed by atoms with Crippen LogP contribution in [-0.4, -0.2) is 29.5 Å². The van der Waals surface area contributed by atoms with Crippen LogP contribution in [-0.2, 0) is 5.41 Å². The molecule has 0 aliphatic heterocycles. The van der Waals surface area contributed by atoms with Crippen molar-refractivity contribution < 1.29 is 0 Å². The van der Waals surface area contributed by atoms with Crippen LogP contribution in [0.25, 0.3) is 33.4 Å². The van der Waals surface area contributed by atoms with Crippen LogP contribution in [0.1, 0.15) is 88.7 Å². The number of fused-ring (bicyclic) bond motifs is 2. The van der Waals surface area contributed by atoms with Crippen LogP contribution in [0.3, 0.4) is 0 Å². The van der Waals surface area contributed by atoms with Gasteiger partial charge in [0.2, 0.25) is 0 Å². The van der Waals surface area contributed by atoms with E-state index in [1.807, 2.05) is 21.5 Å². The summed E-state index contributed by atoms with van der Waals surface area (Å²) >= 11 is 0. The lowest BCUT2D eigenvalue weighted by Crippen LogP contribution is -2.23. The summed E-state index contributed by atoms with van der Waals surface area (Å²) in [4.78, 5) is 10.2. The maximum absolute atomic E-state index is 5.10. The molecule has 4 heterocycles. The van der Waals surface area contributed by atoms with Crippen molar-refractivity contribution in [3.05, 3.63) is 108 Å². The normalized spacial score (nSPS) is 13.6. The Kier molecular flexibility index (Phi) is 6.94. The van der Waals surface area contributed by atoms with Gasteiger partial charge < -0.3 is 0 Å². The van der Waals surface area contributed by atoms with Gasteiger partial charge in [-0.25, -0.2) is 19.3 Å². The molecule has 6 heteroatoms. The first-order chi connectivity index (χ1) is 19.8. The zero-order chi connectivity index (χ0) is 28.7. The fraction of sp³-hybridized carbons (Fsp3) is 0.314. The Labute approximate surface area is 242 Å². The predicted octanol–water partition coefficient (Wildman–Crippen LogP) is 8.51. The second-order valence-corrected chi connectivity index (χ2v) is 11.7. The molecule has 0 aliphatic rings. The van der Waals surface area contributed by atoms with Gasteiger partial charge in [0.05, 0.1) is 22.4 Å². The second-order valence-electron chi connectivity index (χ2n) is 11.7. The lowest BCUT2D eigenvalue weighted by Gasteiger charge is -2.24. The molecule has 6 nitrogen and oxygen atoms in total. The summed E-state index contributed by atoms with van der Waals surface area (Å²) in [6, 6.07) is 25.2. The van der Waals surface area contributed by atoms with E-state index in [4.69, 9.17) is 20.2 Å². The highest BCUT2D eigenvalue weighted by molar-refractivity contribution is 5.83. The number of hydrogen-bond donors (Lipinski definition) is 0. The van der Waals surface area contributed by atoms with Crippen molar-refractivity contribution in [2.45, 2.75) is 71.6 Å². The Bertz CT molecular complexity index is 1710. The standard InChI is InChI=1S/C35H38N6/c1-7-23(3)27-15-9-13-25-21-40(38-33(25)27)31-19-11-17-29(36-31)35(5,6)30-18-12-20-32(37-30)41-22-26-14-10-16-28(24(4)8-2)34(26)39-41/h9-24H,7-8H2,1-6H3. The van der Waals surface area contributed by atoms with Crippen molar-refractivity contribution in [2.75, 3.05) is 0 Å². The molecule has 2 atom stereocenters. The molecular weight excluding hydrogens is 504 g/mol. The SMILES string of the molecule is CCC(C)c1cccc2cn(-c3cccc(C(C)(C)c4cccc(-n5cc6cccc(C(C)CC)c6n5)n4)n3)nc12. The van der Waals surface area contributed by atoms with Crippen LogP contribution in [0.15, 0.2) is 85.2 Å². The summed E-state index contributed by atoms with van der Waals surface area (Å²) in [6.45, 7) is 13.3. The minimum atomic E-state index is -0.436. The van der Waals surface area contributed by atoms with Gasteiger partial charge in [0, 0.05) is 28.6 Å². The Morgan fingerprint density at radius 2 is 1.02 bits per heavy atom. The molecule has 41 heavy (non-hydrogen) atoms. The third-order valence-electron chi connectivity index (χ3n) is 8.64. The molecule has 208 valence electrons. The molecule has 2 unspecified atom stereocenters. The van der Waals surface area contributed by atoms with Gasteiger partial charge in [-0.05, 0) is 73.9 Å². The van der Waals surface area contributed by atoms with Crippen molar-refractivity contribution in [1.82, 2.24) is 29.5 Å². The lowest BCUT2D eigenvalue weighted by atomic mass is 9.84. The molecular formula is C35H38N6. The zero-order valence-electron chi connectivity index (χ0n) is 24.8. The predicted molar refractivity (Wildman–Crippen MR) is 167 cm³/mol. The number of benzene rings is 2. The first-order valence-corrected chi connectivity index (χ1v) is 14.7. The summed E-state index contributed by atoms with van der Waals surface area (Å²) in [5, 5.41) is 12.2. The summed E-state index contributed by atoms with van der Waals surface area (Å²) in [5.41, 5.74) is 6.09. The molecule has 0 saturated heterocycles. The van der Waals surface area contributed by atoms with Crippen molar-refractivity contribution in [2.24, 2.45) is 0 Å². The quantitative estimate of drug-likeness (QED) is 0.193. The van der Waals surface area contributed by atoms with E-state index in [2.05, 4.69) is 115 Å². The summed E-state index contributed by atoms with van der Waals surface area (Å²) in [6.07, 6.45) is 6.31. The third kappa shape index (κ3) is 4.82. The van der Waals surface area contributed by atoms with E-state index in [1.165, 1.54) is 11.1 Å². The molecule has 0 N–H and O–H groups in total. The molecule has 0 spiro atoms. The van der Waals surface area contributed by atoms with Crippen LogP contribution >= 0.6 is 0 Å². The fourth-order valence-electron chi connectivity index (χ4n) is 5.53. The Morgan fingerprint density at radius 3 is 1.44 bits per heavy atom. The molecule has 0 amide bonds. The number of nitrogens with zero attached hydrogens (tertiary/aromatic N) is 6. The highest BCUT2D eigenvalue weighted by Crippen LogP contribution is 2.32. The number of pyridine rings is 2. The largest absolute Gasteiger partial charge is 0.233 e. The summed E-state index contributed by atoms with van der Waals surface area (Å²) < 4.78 is 3.81. The highest BCUT2D eigenvalue weighted by atomic mass is 15.3. The van der Waals surface area contributed by atoms with E-state index in [1.54, 1.807) is 0 Å². The monoisotopic (exact) mass is 542 g/mol. The average Bonchev–Trinajstić information content (AvgIpc) is 3.65. The molecule has 0 saturated carbocycles. The summed E-state index contributed by atoms with van der Waals surface area (Å²) in [7, 11) is 0. The fourth-order valence-corrected chi connectivity index (χ4v) is 5.53. The summed E-state index contributed by atoms with van der Waals surface area (Å²) in [5.74, 6) is 2.50. The van der Waals surface area contributed by atoms with Gasteiger partial charge in [-0.15, -0.1) is 0 Å². The molecule has 6 rings (SSSR count). The number of rotatable bonds is 8. The van der Waals surface area contributed by atoms with Gasteiger partial charge in [-0.3, -0.25) is 0 Å². The lowest BCUT2D eigenvalue weighted by molar-refractivity contribution is 0.588. The number of aromatic nitrogens is 6. The molecule has 4 aromatic heterocycles. The van der Waals surface area contributed by atoms with E-state index in [0.717, 1.165) is 57.7 Å². The van der Waals surface area contributed by atoms with Gasteiger partial charge in [-0.2, -0.15) is 10.2 Å². The highest BCUT2D eigenvalue weighted by Gasteiger charge is 2.27. The van der Waals surface area contributed by atoms with E-state index in [-0.39, 0.29) is 0 Å². The van der Waals surface area contributed by atoms with Crippen molar-refractivity contribution in [3.8, 4) is 11.6 Å². The van der Waals surface area contributed by atoms with Gasteiger partial charge >= 0.3 is 0 Å². The average molecular weight is 543 g/mol. The maximum Gasteiger partial charge on any atom is 0.153 e. The Hall–Kier alpha value is -4.32. The smallest absolute Gasteiger partial charge is 0.153 e. The molecule has 0 radical (unpaired) electrons. The van der Waals surface area contributed by atoms with Crippen LogP contribution in [0.2, 0.25) is 0 Å². The topological polar surface area (TPSA) is 61.4 Å². The minimum Gasteiger partial charge on any atom is -0.233 e. The Morgan fingerprint density at radius 1 is 0.610 bits per heavy atom. The van der Waals surface area contributed by atoms with Crippen LogP contribution < -0.4 is 0 Å². The van der Waals surface area contributed by atoms with Crippen LogP contribution in [0.4, 0.5) is 0 Å². The van der Waals surface area contributed by atoms with Gasteiger partial charge in [0.15, 0.2) is 11.6 Å². The van der Waals surface area contributed by atoms with Crippen LogP contribution in [0.5, 0.6) is 0 Å². The Balaban J connectivity index is 1.36. The van der Waals surface area contributed by atoms with Gasteiger partial charge in [0.25, 0.3) is 0 Å². The molecule has 6 aromatic rings. The van der Waals surface area contributed by atoms with E-state index in [0.29, 0.717) is 11.8 Å². The second kappa shape index (κ2) is 10.6. The van der Waals surface area contributed by atoms with E-state index >= 15 is 0 Å². The molecule has 0 aliphatic carbocycles. The molecule has 0 fully saturated rings. The first-order valence-electron chi connectivity index (χ1n) is 14.7. The maximum atomic E-state index is 5.10. The number of hydrogen-bond acceptors (Lipinski definition) is 4. The first kappa shape index (κ1) is 26.9.